The van der Waals surface area contributed by atoms with E-state index in [2.05, 4.69) is 4.98 Å². The van der Waals surface area contributed by atoms with E-state index >= 15 is 0 Å². The largest absolute Gasteiger partial charge is 0.462 e. The number of aromatic nitrogens is 1. The Morgan fingerprint density at radius 2 is 1.62 bits per heavy atom. The van der Waals surface area contributed by atoms with E-state index in [-0.39, 0.29) is 28.3 Å². The highest BCUT2D eigenvalue weighted by Crippen LogP contribution is 2.36. The Balaban J connectivity index is 2.19. The second-order valence-corrected chi connectivity index (χ2v) is 5.88. The molecule has 0 unspecified atom stereocenters. The van der Waals surface area contributed by atoms with Crippen LogP contribution in [0.4, 0.5) is 8.78 Å². The summed E-state index contributed by atoms with van der Waals surface area (Å²) in [5.41, 5.74) is 0.602. The second-order valence-electron chi connectivity index (χ2n) is 4.88. The van der Waals surface area contributed by atoms with Crippen molar-refractivity contribution in [3.8, 4) is 21.8 Å². The monoisotopic (exact) mass is 345 g/mol. The number of hydrogen-bond donors (Lipinski definition) is 0. The molecule has 0 aliphatic rings. The fraction of sp³-hybridized carbons (Fsp3) is 0.111. The van der Waals surface area contributed by atoms with Gasteiger partial charge in [-0.05, 0) is 31.2 Å². The van der Waals surface area contributed by atoms with Gasteiger partial charge in [-0.2, -0.15) is 0 Å². The molecule has 0 radical (unpaired) electrons. The highest BCUT2D eigenvalue weighted by atomic mass is 32.1. The summed E-state index contributed by atoms with van der Waals surface area (Å²) in [6.07, 6.45) is 0. The minimum atomic E-state index is -0.601. The van der Waals surface area contributed by atoms with E-state index in [1.165, 1.54) is 18.2 Å². The first-order chi connectivity index (χ1) is 11.6. The third-order valence-corrected chi connectivity index (χ3v) is 4.39. The number of carbonyl (C=O) groups excluding carboxylic acids is 1. The molecule has 2 aromatic carbocycles. The Hall–Kier alpha value is -2.60. The Bertz CT molecular complexity index is 892. The Labute approximate surface area is 141 Å². The van der Waals surface area contributed by atoms with Gasteiger partial charge >= 0.3 is 5.97 Å². The maximum absolute atomic E-state index is 14.1. The topological polar surface area (TPSA) is 39.2 Å². The van der Waals surface area contributed by atoms with Crippen LogP contribution in [0.5, 0.6) is 0 Å². The summed E-state index contributed by atoms with van der Waals surface area (Å²) in [5.74, 6) is -1.56. The van der Waals surface area contributed by atoms with E-state index in [0.717, 1.165) is 11.3 Å². The Morgan fingerprint density at radius 3 is 2.21 bits per heavy atom. The minimum Gasteiger partial charge on any atom is -0.462 e. The molecule has 0 spiro atoms. The molecule has 1 aromatic heterocycles. The van der Waals surface area contributed by atoms with Gasteiger partial charge in [-0.15, -0.1) is 11.3 Å². The van der Waals surface area contributed by atoms with Gasteiger partial charge in [0.1, 0.15) is 21.5 Å². The van der Waals surface area contributed by atoms with Crippen LogP contribution in [0, 0.1) is 11.6 Å². The van der Waals surface area contributed by atoms with Crippen molar-refractivity contribution in [1.82, 2.24) is 4.98 Å². The second kappa shape index (κ2) is 6.88. The van der Waals surface area contributed by atoms with Gasteiger partial charge in [0.05, 0.1) is 12.3 Å². The predicted molar refractivity (Wildman–Crippen MR) is 88.9 cm³/mol. The molecule has 3 rings (SSSR count). The number of nitrogens with zero attached hydrogens (tertiary/aromatic N) is 1. The Morgan fingerprint density at radius 1 is 1.04 bits per heavy atom. The number of esters is 1. The zero-order valence-corrected chi connectivity index (χ0v) is 13.6. The molecule has 0 bridgehead atoms. The normalized spacial score (nSPS) is 10.6. The molecule has 0 aliphatic heterocycles. The van der Waals surface area contributed by atoms with E-state index in [1.54, 1.807) is 37.3 Å². The van der Waals surface area contributed by atoms with Crippen molar-refractivity contribution in [3.05, 3.63) is 65.0 Å². The zero-order chi connectivity index (χ0) is 17.1. The van der Waals surface area contributed by atoms with Crippen LogP contribution in [0.3, 0.4) is 0 Å². The first-order valence-corrected chi connectivity index (χ1v) is 8.11. The standard InChI is InChI=1S/C18H13F2NO2S/c1-2-23-18(22)16-15(11-7-3-5-9-13(11)19)21-17(24-16)12-8-4-6-10-14(12)20/h3-10H,2H2,1H3. The first kappa shape index (κ1) is 16.3. The highest BCUT2D eigenvalue weighted by Gasteiger charge is 2.23. The van der Waals surface area contributed by atoms with Gasteiger partial charge < -0.3 is 4.74 Å². The van der Waals surface area contributed by atoms with Gasteiger partial charge in [-0.25, -0.2) is 18.6 Å². The lowest BCUT2D eigenvalue weighted by Crippen LogP contribution is -2.04. The van der Waals surface area contributed by atoms with Gasteiger partial charge in [-0.1, -0.05) is 24.3 Å². The highest BCUT2D eigenvalue weighted by molar-refractivity contribution is 7.17. The minimum absolute atomic E-state index is 0.153. The van der Waals surface area contributed by atoms with Crippen molar-refractivity contribution < 1.29 is 18.3 Å². The lowest BCUT2D eigenvalue weighted by atomic mass is 10.1. The molecular formula is C18H13F2NO2S. The summed E-state index contributed by atoms with van der Waals surface area (Å²) in [6.45, 7) is 1.86. The number of rotatable bonds is 4. The molecule has 0 atom stereocenters. The van der Waals surface area contributed by atoms with Crippen LogP contribution in [-0.2, 0) is 4.74 Å². The number of hydrogen-bond acceptors (Lipinski definition) is 4. The SMILES string of the molecule is CCOC(=O)c1sc(-c2ccccc2F)nc1-c1ccccc1F. The number of benzene rings is 2. The fourth-order valence-corrected chi connectivity index (χ4v) is 3.24. The third-order valence-electron chi connectivity index (χ3n) is 3.32. The summed E-state index contributed by atoms with van der Waals surface area (Å²) in [5, 5.41) is 0.300. The number of ether oxygens (including phenoxy) is 1. The van der Waals surface area contributed by atoms with Crippen molar-refractivity contribution in [2.45, 2.75) is 6.92 Å². The van der Waals surface area contributed by atoms with Crippen LogP contribution < -0.4 is 0 Å². The zero-order valence-electron chi connectivity index (χ0n) is 12.8. The summed E-state index contributed by atoms with van der Waals surface area (Å²) in [4.78, 5) is 16.7. The predicted octanol–water partition coefficient (Wildman–Crippen LogP) is 4.93. The molecule has 0 saturated carbocycles. The summed E-state index contributed by atoms with van der Waals surface area (Å²) in [6, 6.07) is 12.1. The van der Waals surface area contributed by atoms with Crippen LogP contribution in [0.2, 0.25) is 0 Å². The first-order valence-electron chi connectivity index (χ1n) is 7.29. The van der Waals surface area contributed by atoms with E-state index in [4.69, 9.17) is 4.74 Å². The Kier molecular flexibility index (Phi) is 4.66. The average Bonchev–Trinajstić information content (AvgIpc) is 3.01. The fourth-order valence-electron chi connectivity index (χ4n) is 2.24. The van der Waals surface area contributed by atoms with Crippen LogP contribution in [0.1, 0.15) is 16.6 Å². The molecule has 3 aromatic rings. The van der Waals surface area contributed by atoms with Crippen LogP contribution in [0.25, 0.3) is 21.8 Å². The maximum Gasteiger partial charge on any atom is 0.350 e. The molecule has 6 heteroatoms. The van der Waals surface area contributed by atoms with Gasteiger partial charge in [0.25, 0.3) is 0 Å². The van der Waals surface area contributed by atoms with Crippen LogP contribution in [-0.4, -0.2) is 17.6 Å². The summed E-state index contributed by atoms with van der Waals surface area (Å²) < 4.78 is 33.2. The van der Waals surface area contributed by atoms with Gasteiger partial charge in [0.2, 0.25) is 0 Å². The summed E-state index contributed by atoms with van der Waals surface area (Å²) >= 11 is 0.986. The van der Waals surface area contributed by atoms with E-state index < -0.39 is 17.6 Å². The maximum atomic E-state index is 14.1. The lowest BCUT2D eigenvalue weighted by molar-refractivity contribution is 0.0532. The lowest BCUT2D eigenvalue weighted by Gasteiger charge is -2.03. The average molecular weight is 345 g/mol. The van der Waals surface area contributed by atoms with Crippen LogP contribution in [0.15, 0.2) is 48.5 Å². The van der Waals surface area contributed by atoms with Crippen molar-refractivity contribution in [3.63, 3.8) is 0 Å². The molecular weight excluding hydrogens is 332 g/mol. The smallest absolute Gasteiger partial charge is 0.350 e. The van der Waals surface area contributed by atoms with E-state index in [0.29, 0.717) is 5.01 Å². The molecule has 0 saturated heterocycles. The van der Waals surface area contributed by atoms with Crippen molar-refractivity contribution in [2.24, 2.45) is 0 Å². The molecule has 0 aliphatic carbocycles. The number of thiazole rings is 1. The molecule has 1 heterocycles. The molecule has 0 N–H and O–H groups in total. The van der Waals surface area contributed by atoms with E-state index in [9.17, 15) is 13.6 Å². The van der Waals surface area contributed by atoms with Gasteiger partial charge in [0.15, 0.2) is 0 Å². The quantitative estimate of drug-likeness (QED) is 0.629. The van der Waals surface area contributed by atoms with Gasteiger partial charge in [-0.3, -0.25) is 0 Å². The van der Waals surface area contributed by atoms with Crippen LogP contribution >= 0.6 is 11.3 Å². The molecule has 3 nitrogen and oxygen atoms in total. The van der Waals surface area contributed by atoms with Crippen molar-refractivity contribution in [2.75, 3.05) is 6.61 Å². The van der Waals surface area contributed by atoms with Crippen molar-refractivity contribution >= 4 is 17.3 Å². The number of halogens is 2. The molecule has 0 amide bonds. The number of carbonyl (C=O) groups is 1. The third kappa shape index (κ3) is 3.05. The molecule has 24 heavy (non-hydrogen) atoms. The van der Waals surface area contributed by atoms with E-state index in [1.807, 2.05) is 0 Å². The van der Waals surface area contributed by atoms with Crippen molar-refractivity contribution in [1.29, 1.82) is 0 Å². The van der Waals surface area contributed by atoms with Gasteiger partial charge in [0, 0.05) is 11.1 Å². The summed E-state index contributed by atoms with van der Waals surface area (Å²) in [7, 11) is 0. The molecule has 122 valence electrons. The molecule has 0 fully saturated rings.